The molecule has 0 amide bonds. The molecule has 1 N–H and O–H groups in total. The molecule has 0 fully saturated rings. The number of aromatic hydroxyl groups is 1. The van der Waals surface area contributed by atoms with Crippen LogP contribution in [0.5, 0.6) is 5.75 Å². The Morgan fingerprint density at radius 1 is 1.50 bits per heavy atom. The second kappa shape index (κ2) is 2.88. The molecule has 1 aromatic carbocycles. The summed E-state index contributed by atoms with van der Waals surface area (Å²) in [5, 5.41) is 8.80. The van der Waals surface area contributed by atoms with Crippen LogP contribution in [0.3, 0.4) is 0 Å². The van der Waals surface area contributed by atoms with E-state index in [4.69, 9.17) is 16.7 Å². The summed E-state index contributed by atoms with van der Waals surface area (Å²) >= 11 is 5.35. The highest BCUT2D eigenvalue weighted by Crippen LogP contribution is 2.19. The van der Waals surface area contributed by atoms with Crippen LogP contribution in [0, 0.1) is 5.82 Å². The molecule has 0 saturated carbocycles. The molecule has 0 aliphatic heterocycles. The van der Waals surface area contributed by atoms with Crippen LogP contribution >= 0.6 is 11.6 Å². The molecule has 1 nitrogen and oxygen atoms in total. The first kappa shape index (κ1) is 7.35. The highest BCUT2D eigenvalue weighted by atomic mass is 35.5. The number of benzene rings is 1. The van der Waals surface area contributed by atoms with Gasteiger partial charge in [0.15, 0.2) is 11.6 Å². The van der Waals surface area contributed by atoms with Crippen LogP contribution in [-0.4, -0.2) is 5.11 Å². The van der Waals surface area contributed by atoms with Gasteiger partial charge in [-0.2, -0.15) is 0 Å². The van der Waals surface area contributed by atoms with E-state index in [2.05, 4.69) is 0 Å². The van der Waals surface area contributed by atoms with Gasteiger partial charge in [0.2, 0.25) is 0 Å². The monoisotopic (exact) mass is 160 g/mol. The molecule has 10 heavy (non-hydrogen) atoms. The second-order valence-corrected chi connectivity index (χ2v) is 2.15. The summed E-state index contributed by atoms with van der Waals surface area (Å²) in [5.41, 5.74) is 0.321. The van der Waals surface area contributed by atoms with Gasteiger partial charge >= 0.3 is 0 Å². The van der Waals surface area contributed by atoms with Gasteiger partial charge < -0.3 is 5.11 Å². The van der Waals surface area contributed by atoms with E-state index in [1.807, 2.05) is 0 Å². The Kier molecular flexibility index (Phi) is 2.12. The van der Waals surface area contributed by atoms with Crippen molar-refractivity contribution in [3.63, 3.8) is 0 Å². The van der Waals surface area contributed by atoms with Gasteiger partial charge in [0.05, 0.1) is 5.88 Å². The molecule has 1 aromatic rings. The van der Waals surface area contributed by atoms with Gasteiger partial charge in [0.25, 0.3) is 0 Å². The fourth-order valence-corrected chi connectivity index (χ4v) is 0.876. The Morgan fingerprint density at radius 3 is 2.70 bits per heavy atom. The Bertz CT molecular complexity index is 237. The zero-order valence-corrected chi connectivity index (χ0v) is 5.90. The molecular weight excluding hydrogens is 155 g/mol. The predicted octanol–water partition coefficient (Wildman–Crippen LogP) is 2.27. The molecule has 0 aliphatic rings. The van der Waals surface area contributed by atoms with E-state index in [9.17, 15) is 4.39 Å². The number of hydrogen-bond donors (Lipinski definition) is 1. The largest absolute Gasteiger partial charge is 0.505 e. The molecule has 0 aromatic heterocycles. The van der Waals surface area contributed by atoms with Crippen molar-refractivity contribution in [1.82, 2.24) is 0 Å². The number of phenolic OH excluding ortho intramolecular Hbond substituents is 1. The minimum absolute atomic E-state index is 0.0836. The van der Waals surface area contributed by atoms with E-state index >= 15 is 0 Å². The van der Waals surface area contributed by atoms with Crippen LogP contribution in [0.1, 0.15) is 5.56 Å². The summed E-state index contributed by atoms with van der Waals surface area (Å²) in [6, 6.07) is 4.36. The predicted molar refractivity (Wildman–Crippen MR) is 37.6 cm³/mol. The third-order valence-electron chi connectivity index (χ3n) is 1.20. The number of hydrogen-bond acceptors (Lipinski definition) is 1. The van der Waals surface area contributed by atoms with Gasteiger partial charge in [-0.1, -0.05) is 12.1 Å². The number of halogens is 2. The molecule has 0 saturated heterocycles. The zero-order valence-electron chi connectivity index (χ0n) is 5.14. The molecule has 0 spiro atoms. The van der Waals surface area contributed by atoms with Crippen LogP contribution in [-0.2, 0) is 5.88 Å². The Morgan fingerprint density at radius 2 is 2.20 bits per heavy atom. The summed E-state index contributed by atoms with van der Waals surface area (Å²) in [6.07, 6.45) is 0. The lowest BCUT2D eigenvalue weighted by Crippen LogP contribution is -1.84. The van der Waals surface area contributed by atoms with Crippen LogP contribution < -0.4 is 0 Å². The molecule has 1 rings (SSSR count). The quantitative estimate of drug-likeness (QED) is 0.625. The van der Waals surface area contributed by atoms with Crippen molar-refractivity contribution in [2.75, 3.05) is 0 Å². The minimum atomic E-state index is -0.627. The number of rotatable bonds is 1. The highest BCUT2D eigenvalue weighted by molar-refractivity contribution is 6.17. The van der Waals surface area contributed by atoms with E-state index in [-0.39, 0.29) is 11.6 Å². The maximum absolute atomic E-state index is 12.7. The van der Waals surface area contributed by atoms with Crippen molar-refractivity contribution in [3.8, 4) is 5.75 Å². The maximum Gasteiger partial charge on any atom is 0.169 e. The zero-order chi connectivity index (χ0) is 7.56. The Labute approximate surface area is 63.1 Å². The van der Waals surface area contributed by atoms with E-state index in [0.717, 1.165) is 0 Å². The Hall–Kier alpha value is -0.760. The lowest BCUT2D eigenvalue weighted by Gasteiger charge is -1.98. The standard InChI is InChI=1S/C7H6ClFO/c8-4-5-2-1-3-6(10)7(5)9/h1-3,10H,4H2. The normalized spacial score (nSPS) is 9.80. The van der Waals surface area contributed by atoms with Crippen molar-refractivity contribution in [2.45, 2.75) is 5.88 Å². The van der Waals surface area contributed by atoms with Crippen LogP contribution in [0.2, 0.25) is 0 Å². The first-order valence-corrected chi connectivity index (χ1v) is 3.31. The van der Waals surface area contributed by atoms with Crippen molar-refractivity contribution in [1.29, 1.82) is 0 Å². The summed E-state index contributed by atoms with van der Waals surface area (Å²) < 4.78 is 12.7. The van der Waals surface area contributed by atoms with E-state index in [0.29, 0.717) is 5.56 Å². The van der Waals surface area contributed by atoms with E-state index in [1.165, 1.54) is 12.1 Å². The average Bonchev–Trinajstić information content (AvgIpc) is 1.95. The molecule has 0 heterocycles. The average molecular weight is 161 g/mol. The van der Waals surface area contributed by atoms with Gasteiger partial charge in [0, 0.05) is 5.56 Å². The first-order chi connectivity index (χ1) is 4.75. The number of phenols is 1. The molecule has 0 radical (unpaired) electrons. The lowest BCUT2D eigenvalue weighted by molar-refractivity contribution is 0.430. The van der Waals surface area contributed by atoms with Crippen molar-refractivity contribution in [3.05, 3.63) is 29.6 Å². The Balaban J connectivity index is 3.14. The van der Waals surface area contributed by atoms with Crippen molar-refractivity contribution >= 4 is 11.6 Å². The smallest absolute Gasteiger partial charge is 0.169 e. The van der Waals surface area contributed by atoms with Gasteiger partial charge in [0.1, 0.15) is 0 Å². The summed E-state index contributed by atoms with van der Waals surface area (Å²) in [5.74, 6) is -0.893. The van der Waals surface area contributed by atoms with Crippen LogP contribution in [0.15, 0.2) is 18.2 Å². The second-order valence-electron chi connectivity index (χ2n) is 1.88. The molecular formula is C7H6ClFO. The lowest BCUT2D eigenvalue weighted by atomic mass is 10.2. The van der Waals surface area contributed by atoms with E-state index < -0.39 is 5.82 Å². The van der Waals surface area contributed by atoms with Gasteiger partial charge in [-0.25, -0.2) is 4.39 Å². The fraction of sp³-hybridized carbons (Fsp3) is 0.143. The number of alkyl halides is 1. The van der Waals surface area contributed by atoms with Crippen molar-refractivity contribution < 1.29 is 9.50 Å². The molecule has 54 valence electrons. The third kappa shape index (κ3) is 1.21. The van der Waals surface area contributed by atoms with Gasteiger partial charge in [-0.3, -0.25) is 0 Å². The molecule has 3 heteroatoms. The molecule has 0 bridgehead atoms. The summed E-state index contributed by atoms with van der Waals surface area (Å²) in [6.45, 7) is 0. The van der Waals surface area contributed by atoms with Gasteiger partial charge in [-0.05, 0) is 6.07 Å². The minimum Gasteiger partial charge on any atom is -0.505 e. The fourth-order valence-electron chi connectivity index (χ4n) is 0.669. The third-order valence-corrected chi connectivity index (χ3v) is 1.49. The van der Waals surface area contributed by atoms with E-state index in [1.54, 1.807) is 6.07 Å². The SMILES string of the molecule is Oc1cccc(CCl)c1F. The van der Waals surface area contributed by atoms with Crippen LogP contribution in [0.4, 0.5) is 4.39 Å². The van der Waals surface area contributed by atoms with Crippen LogP contribution in [0.25, 0.3) is 0 Å². The summed E-state index contributed by atoms with van der Waals surface area (Å²) in [7, 11) is 0. The molecule has 0 atom stereocenters. The molecule has 0 aliphatic carbocycles. The highest BCUT2D eigenvalue weighted by Gasteiger charge is 2.03. The first-order valence-electron chi connectivity index (χ1n) is 2.78. The topological polar surface area (TPSA) is 20.2 Å². The summed E-state index contributed by atoms with van der Waals surface area (Å²) in [4.78, 5) is 0. The maximum atomic E-state index is 12.7. The molecule has 0 unspecified atom stereocenters. The van der Waals surface area contributed by atoms with Crippen molar-refractivity contribution in [2.24, 2.45) is 0 Å². The van der Waals surface area contributed by atoms with Gasteiger partial charge in [-0.15, -0.1) is 11.6 Å².